The fourth-order valence-corrected chi connectivity index (χ4v) is 3.34. The molecule has 2 saturated carbocycles. The van der Waals surface area contributed by atoms with Crippen molar-refractivity contribution in [1.82, 2.24) is 0 Å². The molecule has 4 N–H and O–H groups in total. The van der Waals surface area contributed by atoms with Gasteiger partial charge in [0.1, 0.15) is 0 Å². The van der Waals surface area contributed by atoms with E-state index in [0.717, 1.165) is 12.8 Å². The van der Waals surface area contributed by atoms with Crippen LogP contribution in [0.2, 0.25) is 0 Å². The maximum Gasteiger partial charge on any atom is 0.0739 e. The lowest BCUT2D eigenvalue weighted by atomic mass is 9.59. The average molecular weight is 216 g/mol. The average Bonchev–Trinajstić information content (AvgIpc) is 2.17. The molecule has 0 radical (unpaired) electrons. The normalized spacial score (nSPS) is 52.0. The zero-order chi connectivity index (χ0) is 11.1. The van der Waals surface area contributed by atoms with E-state index in [9.17, 15) is 20.4 Å². The molecule has 0 bridgehead atoms. The van der Waals surface area contributed by atoms with Crippen molar-refractivity contribution in [3.63, 3.8) is 0 Å². The first-order valence-electron chi connectivity index (χ1n) is 5.82. The van der Waals surface area contributed by atoms with Gasteiger partial charge in [0.15, 0.2) is 0 Å². The highest BCUT2D eigenvalue weighted by molar-refractivity contribution is 5.06. The smallest absolute Gasteiger partial charge is 0.0739 e. The topological polar surface area (TPSA) is 80.9 Å². The van der Waals surface area contributed by atoms with Crippen LogP contribution in [0.3, 0.4) is 0 Å². The summed E-state index contributed by atoms with van der Waals surface area (Å²) < 4.78 is 0. The zero-order valence-electron chi connectivity index (χ0n) is 8.84. The molecule has 1 spiro atoms. The van der Waals surface area contributed by atoms with Gasteiger partial charge in [-0.15, -0.1) is 0 Å². The Kier molecular flexibility index (Phi) is 3.03. The molecule has 0 heterocycles. The van der Waals surface area contributed by atoms with E-state index in [0.29, 0.717) is 25.7 Å². The minimum atomic E-state index is -1.09. The lowest BCUT2D eigenvalue weighted by Crippen LogP contribution is -2.63. The van der Waals surface area contributed by atoms with Crippen molar-refractivity contribution in [3.8, 4) is 0 Å². The maximum absolute atomic E-state index is 10.0. The first-order chi connectivity index (χ1) is 7.10. The van der Waals surface area contributed by atoms with Gasteiger partial charge in [0.25, 0.3) is 0 Å². The van der Waals surface area contributed by atoms with Gasteiger partial charge in [-0.3, -0.25) is 0 Å². The molecule has 0 aromatic carbocycles. The molecule has 0 amide bonds. The summed E-state index contributed by atoms with van der Waals surface area (Å²) in [5.74, 6) is 0. The fraction of sp³-hybridized carbons (Fsp3) is 1.00. The lowest BCUT2D eigenvalue weighted by molar-refractivity contribution is -0.224. The molecule has 0 saturated heterocycles. The monoisotopic (exact) mass is 216 g/mol. The molecule has 4 unspecified atom stereocenters. The van der Waals surface area contributed by atoms with Gasteiger partial charge >= 0.3 is 0 Å². The van der Waals surface area contributed by atoms with Crippen LogP contribution in [0.15, 0.2) is 0 Å². The molecule has 0 aromatic rings. The van der Waals surface area contributed by atoms with Crippen molar-refractivity contribution in [3.05, 3.63) is 0 Å². The van der Waals surface area contributed by atoms with Crippen LogP contribution in [-0.4, -0.2) is 44.8 Å². The fourth-order valence-electron chi connectivity index (χ4n) is 3.34. The summed E-state index contributed by atoms with van der Waals surface area (Å²) in [6, 6.07) is 0. The van der Waals surface area contributed by atoms with Gasteiger partial charge in [-0.05, 0) is 38.5 Å². The lowest BCUT2D eigenvalue weighted by Gasteiger charge is -2.53. The summed E-state index contributed by atoms with van der Waals surface area (Å²) in [4.78, 5) is 0. The van der Waals surface area contributed by atoms with Crippen LogP contribution in [0.4, 0.5) is 0 Å². The summed E-state index contributed by atoms with van der Waals surface area (Å²) in [6.45, 7) is 0. The minimum absolute atomic E-state index is 0.561. The first-order valence-corrected chi connectivity index (χ1v) is 5.82. The second-order valence-corrected chi connectivity index (χ2v) is 4.92. The Morgan fingerprint density at radius 2 is 0.867 bits per heavy atom. The van der Waals surface area contributed by atoms with Gasteiger partial charge in [0, 0.05) is 0 Å². The quantitative estimate of drug-likeness (QED) is 0.451. The molecule has 2 aliphatic carbocycles. The standard InChI is InChI=1S/C11H20O4/c12-7-3-1-4-8(13)11(7)9(14)5-2-6-10(11)15/h7-10,12-15H,1-6H2. The van der Waals surface area contributed by atoms with Gasteiger partial charge in [-0.25, -0.2) is 0 Å². The highest BCUT2D eigenvalue weighted by atomic mass is 16.3. The molecule has 4 nitrogen and oxygen atoms in total. The van der Waals surface area contributed by atoms with Gasteiger partial charge in [-0.1, -0.05) is 0 Å². The molecule has 4 atom stereocenters. The molecule has 0 aliphatic heterocycles. The van der Waals surface area contributed by atoms with Gasteiger partial charge in [0.05, 0.1) is 29.8 Å². The van der Waals surface area contributed by atoms with Gasteiger partial charge < -0.3 is 20.4 Å². The molecular weight excluding hydrogens is 196 g/mol. The summed E-state index contributed by atoms with van der Waals surface area (Å²) >= 11 is 0. The van der Waals surface area contributed by atoms with E-state index in [1.165, 1.54) is 0 Å². The summed E-state index contributed by atoms with van der Waals surface area (Å²) in [5.41, 5.74) is -1.09. The molecular formula is C11H20O4. The maximum atomic E-state index is 10.0. The van der Waals surface area contributed by atoms with Crippen molar-refractivity contribution >= 4 is 0 Å². The molecule has 2 rings (SSSR count). The Morgan fingerprint density at radius 3 is 1.13 bits per heavy atom. The molecule has 0 aromatic heterocycles. The summed E-state index contributed by atoms with van der Waals surface area (Å²) in [6.07, 6.45) is 0.607. The Bertz CT molecular complexity index is 183. The van der Waals surface area contributed by atoms with Crippen molar-refractivity contribution in [2.45, 2.75) is 62.9 Å². The van der Waals surface area contributed by atoms with Crippen LogP contribution in [0.1, 0.15) is 38.5 Å². The number of aliphatic hydroxyl groups excluding tert-OH is 4. The van der Waals surface area contributed by atoms with E-state index in [-0.39, 0.29) is 0 Å². The Morgan fingerprint density at radius 1 is 0.600 bits per heavy atom. The van der Waals surface area contributed by atoms with Gasteiger partial charge in [-0.2, -0.15) is 0 Å². The van der Waals surface area contributed by atoms with E-state index in [1.54, 1.807) is 0 Å². The van der Waals surface area contributed by atoms with Crippen molar-refractivity contribution in [2.75, 3.05) is 0 Å². The molecule has 88 valence electrons. The highest BCUT2D eigenvalue weighted by Crippen LogP contribution is 2.47. The van der Waals surface area contributed by atoms with E-state index >= 15 is 0 Å². The zero-order valence-corrected chi connectivity index (χ0v) is 8.84. The van der Waals surface area contributed by atoms with Crippen LogP contribution in [0, 0.1) is 5.41 Å². The highest BCUT2D eigenvalue weighted by Gasteiger charge is 2.57. The van der Waals surface area contributed by atoms with Crippen LogP contribution in [0.25, 0.3) is 0 Å². The second kappa shape index (κ2) is 4.01. The summed E-state index contributed by atoms with van der Waals surface area (Å²) in [7, 11) is 0. The molecule has 2 aliphatic rings. The third-order valence-electron chi connectivity index (χ3n) is 4.22. The molecule has 4 heteroatoms. The third-order valence-corrected chi connectivity index (χ3v) is 4.22. The largest absolute Gasteiger partial charge is 0.392 e. The van der Waals surface area contributed by atoms with Crippen molar-refractivity contribution in [1.29, 1.82) is 0 Å². The van der Waals surface area contributed by atoms with E-state index in [1.807, 2.05) is 0 Å². The number of hydrogen-bond acceptors (Lipinski definition) is 4. The minimum Gasteiger partial charge on any atom is -0.392 e. The molecule has 2 fully saturated rings. The second-order valence-electron chi connectivity index (χ2n) is 4.92. The SMILES string of the molecule is OC1CCCC(O)C12C(O)CCCC2O. The van der Waals surface area contributed by atoms with E-state index in [2.05, 4.69) is 0 Å². The van der Waals surface area contributed by atoms with Crippen LogP contribution >= 0.6 is 0 Å². The predicted octanol–water partition coefficient (Wildman–Crippen LogP) is -0.216. The van der Waals surface area contributed by atoms with Crippen LogP contribution < -0.4 is 0 Å². The van der Waals surface area contributed by atoms with E-state index < -0.39 is 29.8 Å². The van der Waals surface area contributed by atoms with E-state index in [4.69, 9.17) is 0 Å². The Labute approximate surface area is 89.6 Å². The van der Waals surface area contributed by atoms with Crippen molar-refractivity contribution < 1.29 is 20.4 Å². The predicted molar refractivity (Wildman–Crippen MR) is 54.2 cm³/mol. The summed E-state index contributed by atoms with van der Waals surface area (Å²) in [5, 5.41) is 40.1. The molecule has 15 heavy (non-hydrogen) atoms. The van der Waals surface area contributed by atoms with Crippen LogP contribution in [-0.2, 0) is 0 Å². The third kappa shape index (κ3) is 1.51. The van der Waals surface area contributed by atoms with Crippen molar-refractivity contribution in [2.24, 2.45) is 5.41 Å². The Balaban J connectivity index is 2.32. The number of aliphatic hydroxyl groups is 4. The first kappa shape index (κ1) is 11.3. The Hall–Kier alpha value is -0.160. The van der Waals surface area contributed by atoms with Crippen LogP contribution in [0.5, 0.6) is 0 Å². The van der Waals surface area contributed by atoms with Gasteiger partial charge in [0.2, 0.25) is 0 Å². The number of rotatable bonds is 0. The number of hydrogen-bond donors (Lipinski definition) is 4.